The lowest BCUT2D eigenvalue weighted by Crippen LogP contribution is -2.13. The third kappa shape index (κ3) is 2.20. The van der Waals surface area contributed by atoms with E-state index in [0.29, 0.717) is 21.2 Å². The van der Waals surface area contributed by atoms with Crippen molar-refractivity contribution in [3.63, 3.8) is 0 Å². The van der Waals surface area contributed by atoms with Crippen molar-refractivity contribution in [3.05, 3.63) is 26.2 Å². The average Bonchev–Trinajstić information content (AvgIpc) is 2.09. The molecular weight excluding hydrogens is 254 g/mol. The summed E-state index contributed by atoms with van der Waals surface area (Å²) in [6.07, 6.45) is 0. The number of halogens is 3. The lowest BCUT2D eigenvalue weighted by atomic mass is 9.86. The van der Waals surface area contributed by atoms with Crippen LogP contribution in [0.4, 0.5) is 0 Å². The number of hydrogen-bond donors (Lipinski definition) is 1. The summed E-state index contributed by atoms with van der Waals surface area (Å²) < 4.78 is 0. The van der Waals surface area contributed by atoms with Crippen molar-refractivity contribution in [2.24, 2.45) is 0 Å². The molecule has 0 radical (unpaired) electrons. The van der Waals surface area contributed by atoms with E-state index in [0.717, 1.165) is 0 Å². The summed E-state index contributed by atoms with van der Waals surface area (Å²) in [6.45, 7) is 7.57. The fourth-order valence-corrected chi connectivity index (χ4v) is 2.69. The molecule has 0 aliphatic carbocycles. The van der Waals surface area contributed by atoms with Crippen LogP contribution in [0.15, 0.2) is 0 Å². The highest BCUT2D eigenvalue weighted by Gasteiger charge is 2.26. The summed E-state index contributed by atoms with van der Waals surface area (Å²) in [4.78, 5) is 0. The van der Waals surface area contributed by atoms with Gasteiger partial charge in [0.25, 0.3) is 0 Å². The summed E-state index contributed by atoms with van der Waals surface area (Å²) in [5.41, 5.74) is 0.932. The molecule has 84 valence electrons. The Balaban J connectivity index is 3.68. The molecule has 0 saturated heterocycles. The third-order valence-corrected chi connectivity index (χ3v) is 3.59. The zero-order valence-electron chi connectivity index (χ0n) is 9.08. The van der Waals surface area contributed by atoms with Gasteiger partial charge in [-0.1, -0.05) is 55.6 Å². The molecule has 1 aromatic rings. The fraction of sp³-hybridized carbons (Fsp3) is 0.455. The molecule has 1 N–H and O–H groups in total. The van der Waals surface area contributed by atoms with E-state index in [4.69, 9.17) is 34.8 Å². The second-order valence-electron chi connectivity index (χ2n) is 4.54. The zero-order chi connectivity index (χ0) is 12.0. The van der Waals surface area contributed by atoms with Crippen molar-refractivity contribution in [2.45, 2.75) is 33.1 Å². The van der Waals surface area contributed by atoms with Crippen LogP contribution < -0.4 is 0 Å². The molecule has 1 rings (SSSR count). The highest BCUT2D eigenvalue weighted by molar-refractivity contribution is 6.45. The Hall–Kier alpha value is -0.110. The quantitative estimate of drug-likeness (QED) is 0.659. The normalized spacial score (nSPS) is 11.9. The van der Waals surface area contributed by atoms with Crippen molar-refractivity contribution < 1.29 is 5.11 Å². The molecule has 0 aliphatic heterocycles. The molecule has 4 heteroatoms. The smallest absolute Gasteiger partial charge is 0.138 e. The van der Waals surface area contributed by atoms with Crippen molar-refractivity contribution in [2.75, 3.05) is 0 Å². The molecule has 0 bridgehead atoms. The van der Waals surface area contributed by atoms with Crippen LogP contribution in [0.5, 0.6) is 5.75 Å². The number of phenolic OH excluding ortho intramolecular Hbond substituents is 1. The first-order valence-electron chi connectivity index (χ1n) is 4.54. The minimum Gasteiger partial charge on any atom is -0.506 e. The molecular formula is C11H13Cl3O. The van der Waals surface area contributed by atoms with Gasteiger partial charge in [-0.2, -0.15) is 0 Å². The summed E-state index contributed by atoms with van der Waals surface area (Å²) in [7, 11) is 0. The summed E-state index contributed by atoms with van der Waals surface area (Å²) >= 11 is 18.2. The molecule has 15 heavy (non-hydrogen) atoms. The number of rotatable bonds is 0. The van der Waals surface area contributed by atoms with E-state index >= 15 is 0 Å². The van der Waals surface area contributed by atoms with Gasteiger partial charge in [-0.05, 0) is 17.9 Å². The van der Waals surface area contributed by atoms with Crippen molar-refractivity contribution in [1.29, 1.82) is 0 Å². The van der Waals surface area contributed by atoms with Crippen molar-refractivity contribution >= 4 is 34.8 Å². The van der Waals surface area contributed by atoms with Crippen molar-refractivity contribution in [1.82, 2.24) is 0 Å². The second-order valence-corrected chi connectivity index (χ2v) is 5.67. The van der Waals surface area contributed by atoms with Crippen LogP contribution in [-0.2, 0) is 5.41 Å². The highest BCUT2D eigenvalue weighted by Crippen LogP contribution is 2.46. The topological polar surface area (TPSA) is 20.2 Å². The minimum atomic E-state index is -0.261. The molecule has 1 aromatic carbocycles. The first-order chi connectivity index (χ1) is 6.68. The SMILES string of the molecule is Cc1c(O)c(Cl)c(C(C)(C)C)c(Cl)c1Cl. The zero-order valence-corrected chi connectivity index (χ0v) is 11.3. The molecule has 0 heterocycles. The Morgan fingerprint density at radius 3 is 1.80 bits per heavy atom. The maximum absolute atomic E-state index is 9.78. The average molecular weight is 268 g/mol. The highest BCUT2D eigenvalue weighted by atomic mass is 35.5. The number of phenols is 1. The maximum atomic E-state index is 9.78. The third-order valence-electron chi connectivity index (χ3n) is 2.27. The Labute approximate surface area is 105 Å². The maximum Gasteiger partial charge on any atom is 0.138 e. The molecule has 0 atom stereocenters. The first kappa shape index (κ1) is 13.0. The van der Waals surface area contributed by atoms with Gasteiger partial charge < -0.3 is 5.11 Å². The predicted molar refractivity (Wildman–Crippen MR) is 66.6 cm³/mol. The Bertz CT molecular complexity index is 376. The van der Waals surface area contributed by atoms with E-state index in [2.05, 4.69) is 0 Å². The van der Waals surface area contributed by atoms with Gasteiger partial charge in [-0.25, -0.2) is 0 Å². The van der Waals surface area contributed by atoms with Gasteiger partial charge in [0.05, 0.1) is 15.1 Å². The minimum absolute atomic E-state index is 0.0102. The number of benzene rings is 1. The molecule has 0 fully saturated rings. The van der Waals surface area contributed by atoms with Crippen LogP contribution in [0.25, 0.3) is 0 Å². The largest absolute Gasteiger partial charge is 0.506 e. The summed E-state index contributed by atoms with van der Waals surface area (Å²) in [5.74, 6) is 0.0102. The summed E-state index contributed by atoms with van der Waals surface area (Å²) in [5, 5.41) is 10.9. The van der Waals surface area contributed by atoms with Gasteiger partial charge in [0.1, 0.15) is 5.75 Å². The lowest BCUT2D eigenvalue weighted by Gasteiger charge is -2.24. The van der Waals surface area contributed by atoms with Crippen molar-refractivity contribution in [3.8, 4) is 5.75 Å². The lowest BCUT2D eigenvalue weighted by molar-refractivity contribution is 0.467. The molecule has 0 aromatic heterocycles. The van der Waals surface area contributed by atoms with Gasteiger partial charge in [-0.3, -0.25) is 0 Å². The molecule has 0 unspecified atom stereocenters. The van der Waals surface area contributed by atoms with Gasteiger partial charge >= 0.3 is 0 Å². The van der Waals surface area contributed by atoms with Gasteiger partial charge in [0.15, 0.2) is 0 Å². The van der Waals surface area contributed by atoms with E-state index in [-0.39, 0.29) is 16.2 Å². The van der Waals surface area contributed by atoms with Crippen LogP contribution >= 0.6 is 34.8 Å². The Morgan fingerprint density at radius 1 is 0.933 bits per heavy atom. The van der Waals surface area contributed by atoms with Crippen LogP contribution in [-0.4, -0.2) is 5.11 Å². The van der Waals surface area contributed by atoms with E-state index in [1.54, 1.807) is 6.92 Å². The van der Waals surface area contributed by atoms with Gasteiger partial charge in [0.2, 0.25) is 0 Å². The van der Waals surface area contributed by atoms with E-state index < -0.39 is 0 Å². The summed E-state index contributed by atoms with van der Waals surface area (Å²) in [6, 6.07) is 0. The molecule has 0 spiro atoms. The van der Waals surface area contributed by atoms with Crippen LogP contribution in [0.3, 0.4) is 0 Å². The monoisotopic (exact) mass is 266 g/mol. The first-order valence-corrected chi connectivity index (χ1v) is 5.67. The van der Waals surface area contributed by atoms with E-state index in [9.17, 15) is 5.11 Å². The van der Waals surface area contributed by atoms with Crippen LogP contribution in [0.1, 0.15) is 31.9 Å². The fourth-order valence-electron chi connectivity index (χ4n) is 1.42. The van der Waals surface area contributed by atoms with Gasteiger partial charge in [0, 0.05) is 5.56 Å². The Kier molecular flexibility index (Phi) is 3.49. The predicted octanol–water partition coefficient (Wildman–Crippen LogP) is 4.96. The van der Waals surface area contributed by atoms with E-state index in [1.165, 1.54) is 0 Å². The van der Waals surface area contributed by atoms with Crippen LogP contribution in [0, 0.1) is 6.92 Å². The molecule has 0 amide bonds. The van der Waals surface area contributed by atoms with Crippen LogP contribution in [0.2, 0.25) is 15.1 Å². The molecule has 0 aliphatic rings. The second kappa shape index (κ2) is 4.04. The molecule has 1 nitrogen and oxygen atoms in total. The number of hydrogen-bond acceptors (Lipinski definition) is 1. The van der Waals surface area contributed by atoms with E-state index in [1.807, 2.05) is 20.8 Å². The molecule has 0 saturated carbocycles. The standard InChI is InChI=1S/C11H13Cl3O/c1-5-7(12)8(13)6(11(2,3)4)9(14)10(5)15/h15H,1-4H3. The van der Waals surface area contributed by atoms with Gasteiger partial charge in [-0.15, -0.1) is 0 Å². The Morgan fingerprint density at radius 2 is 1.40 bits per heavy atom. The number of aromatic hydroxyl groups is 1.